The fourth-order valence-corrected chi connectivity index (χ4v) is 3.71. The van der Waals surface area contributed by atoms with Crippen LogP contribution in [0.3, 0.4) is 0 Å². The van der Waals surface area contributed by atoms with Crippen molar-refractivity contribution in [2.24, 2.45) is 5.92 Å². The highest BCUT2D eigenvalue weighted by Crippen LogP contribution is 2.18. The van der Waals surface area contributed by atoms with Gasteiger partial charge in [0, 0.05) is 44.8 Å². The van der Waals surface area contributed by atoms with E-state index in [1.165, 1.54) is 71.2 Å². The van der Waals surface area contributed by atoms with Crippen LogP contribution in [0.4, 0.5) is 0 Å². The minimum Gasteiger partial charge on any atom is -0.312 e. The van der Waals surface area contributed by atoms with Crippen molar-refractivity contribution in [2.75, 3.05) is 39.8 Å². The number of hydrogen-bond donors (Lipinski definition) is 1. The Morgan fingerprint density at radius 2 is 1.55 bits per heavy atom. The molecule has 1 unspecified atom stereocenters. The molecule has 20 heavy (non-hydrogen) atoms. The third-order valence-corrected chi connectivity index (χ3v) is 5.25. The van der Waals surface area contributed by atoms with Gasteiger partial charge in [-0.1, -0.05) is 39.5 Å². The summed E-state index contributed by atoms with van der Waals surface area (Å²) in [6.07, 6.45) is 8.55. The van der Waals surface area contributed by atoms with Gasteiger partial charge in [-0.05, 0) is 25.8 Å². The maximum Gasteiger partial charge on any atom is 0.0244 e. The number of piperazine rings is 1. The van der Waals surface area contributed by atoms with E-state index in [2.05, 4.69) is 36.0 Å². The minimum absolute atomic E-state index is 0.715. The summed E-state index contributed by atoms with van der Waals surface area (Å²) in [6, 6.07) is 1.50. The number of likely N-dealkylation sites (N-methyl/N-ethyl adjacent to an activating group) is 1. The first-order chi connectivity index (χ1) is 9.66. The van der Waals surface area contributed by atoms with E-state index in [4.69, 9.17) is 0 Å². The number of nitrogens with one attached hydrogen (secondary N) is 1. The third kappa shape index (κ3) is 5.01. The maximum absolute atomic E-state index is 3.90. The van der Waals surface area contributed by atoms with Crippen LogP contribution in [0.5, 0.6) is 0 Å². The van der Waals surface area contributed by atoms with Crippen molar-refractivity contribution >= 4 is 0 Å². The molecule has 1 saturated heterocycles. The number of hydrogen-bond acceptors (Lipinski definition) is 3. The van der Waals surface area contributed by atoms with Crippen LogP contribution in [-0.2, 0) is 0 Å². The van der Waals surface area contributed by atoms with Gasteiger partial charge >= 0.3 is 0 Å². The van der Waals surface area contributed by atoms with E-state index in [1.54, 1.807) is 0 Å². The molecule has 3 heteroatoms. The molecule has 0 spiro atoms. The molecule has 1 N–H and O–H groups in total. The van der Waals surface area contributed by atoms with E-state index < -0.39 is 0 Å². The second-order valence-corrected chi connectivity index (χ2v) is 7.25. The van der Waals surface area contributed by atoms with Gasteiger partial charge in [-0.3, -0.25) is 4.90 Å². The Morgan fingerprint density at radius 3 is 2.10 bits per heavy atom. The third-order valence-electron chi connectivity index (χ3n) is 5.25. The van der Waals surface area contributed by atoms with Crippen molar-refractivity contribution in [1.82, 2.24) is 15.1 Å². The van der Waals surface area contributed by atoms with Crippen LogP contribution < -0.4 is 5.32 Å². The summed E-state index contributed by atoms with van der Waals surface area (Å²) < 4.78 is 0. The predicted molar refractivity (Wildman–Crippen MR) is 87.2 cm³/mol. The number of nitrogens with zero attached hydrogens (tertiary/aromatic N) is 2. The minimum atomic E-state index is 0.715. The van der Waals surface area contributed by atoms with Crippen molar-refractivity contribution < 1.29 is 0 Å². The number of rotatable bonds is 5. The normalized spacial score (nSPS) is 25.8. The summed E-state index contributed by atoms with van der Waals surface area (Å²) >= 11 is 0. The van der Waals surface area contributed by atoms with Gasteiger partial charge in [0.2, 0.25) is 0 Å². The van der Waals surface area contributed by atoms with E-state index in [9.17, 15) is 0 Å². The van der Waals surface area contributed by atoms with Crippen LogP contribution in [0.2, 0.25) is 0 Å². The quantitative estimate of drug-likeness (QED) is 0.781. The Hall–Kier alpha value is -0.120. The van der Waals surface area contributed by atoms with Crippen LogP contribution in [0.25, 0.3) is 0 Å². The van der Waals surface area contributed by atoms with Gasteiger partial charge in [0.25, 0.3) is 0 Å². The molecular formula is C17H35N3. The zero-order chi connectivity index (χ0) is 14.4. The molecule has 1 saturated carbocycles. The SMILES string of the molecule is CC(C)C(CNC1CCCCCC1)N1CCN(C)CC1. The van der Waals surface area contributed by atoms with Crippen LogP contribution in [0, 0.1) is 5.92 Å². The standard InChI is InChI=1S/C17H35N3/c1-15(2)17(20-12-10-19(3)11-13-20)14-18-16-8-6-4-5-7-9-16/h15-18H,4-14H2,1-3H3. The van der Waals surface area contributed by atoms with Gasteiger partial charge in [0.05, 0.1) is 0 Å². The maximum atomic E-state index is 3.90. The largest absolute Gasteiger partial charge is 0.312 e. The van der Waals surface area contributed by atoms with Crippen molar-refractivity contribution in [2.45, 2.75) is 64.5 Å². The second kappa shape index (κ2) is 8.35. The first-order valence-electron chi connectivity index (χ1n) is 8.83. The van der Waals surface area contributed by atoms with E-state index in [0.717, 1.165) is 12.0 Å². The summed E-state index contributed by atoms with van der Waals surface area (Å²) in [5, 5.41) is 3.90. The highest BCUT2D eigenvalue weighted by Gasteiger charge is 2.25. The zero-order valence-electron chi connectivity index (χ0n) is 13.9. The summed E-state index contributed by atoms with van der Waals surface area (Å²) in [5.74, 6) is 0.747. The van der Waals surface area contributed by atoms with Gasteiger partial charge < -0.3 is 10.2 Å². The van der Waals surface area contributed by atoms with Gasteiger partial charge in [-0.2, -0.15) is 0 Å². The van der Waals surface area contributed by atoms with Crippen molar-refractivity contribution in [3.63, 3.8) is 0 Å². The predicted octanol–water partition coefficient (Wildman–Crippen LogP) is 2.57. The van der Waals surface area contributed by atoms with E-state index in [0.29, 0.717) is 6.04 Å². The summed E-state index contributed by atoms with van der Waals surface area (Å²) in [5.41, 5.74) is 0. The Labute approximate surface area is 126 Å². The molecule has 2 aliphatic rings. The van der Waals surface area contributed by atoms with Gasteiger partial charge in [0.1, 0.15) is 0 Å². The van der Waals surface area contributed by atoms with E-state index in [1.807, 2.05) is 0 Å². The van der Waals surface area contributed by atoms with Gasteiger partial charge in [-0.15, -0.1) is 0 Å². The molecule has 1 atom stereocenters. The van der Waals surface area contributed by atoms with Crippen molar-refractivity contribution in [1.29, 1.82) is 0 Å². The molecule has 2 fully saturated rings. The molecular weight excluding hydrogens is 246 g/mol. The van der Waals surface area contributed by atoms with Gasteiger partial charge in [0.15, 0.2) is 0 Å². The Kier molecular flexibility index (Phi) is 6.79. The molecule has 0 aromatic rings. The highest BCUT2D eigenvalue weighted by atomic mass is 15.3. The second-order valence-electron chi connectivity index (χ2n) is 7.25. The van der Waals surface area contributed by atoms with Crippen LogP contribution in [0.1, 0.15) is 52.4 Å². The zero-order valence-corrected chi connectivity index (χ0v) is 13.9. The Morgan fingerprint density at radius 1 is 0.950 bits per heavy atom. The van der Waals surface area contributed by atoms with Crippen LogP contribution >= 0.6 is 0 Å². The molecule has 1 heterocycles. The molecule has 0 radical (unpaired) electrons. The van der Waals surface area contributed by atoms with Gasteiger partial charge in [-0.25, -0.2) is 0 Å². The molecule has 0 aromatic carbocycles. The molecule has 2 rings (SSSR count). The monoisotopic (exact) mass is 281 g/mol. The van der Waals surface area contributed by atoms with Crippen molar-refractivity contribution in [3.05, 3.63) is 0 Å². The molecule has 0 bridgehead atoms. The van der Waals surface area contributed by atoms with Crippen LogP contribution in [-0.4, -0.2) is 61.7 Å². The molecule has 118 valence electrons. The fourth-order valence-electron chi connectivity index (χ4n) is 3.71. The lowest BCUT2D eigenvalue weighted by Gasteiger charge is -2.40. The summed E-state index contributed by atoms with van der Waals surface area (Å²) in [7, 11) is 2.24. The first kappa shape index (κ1) is 16.3. The summed E-state index contributed by atoms with van der Waals surface area (Å²) in [4.78, 5) is 5.17. The fraction of sp³-hybridized carbons (Fsp3) is 1.00. The van der Waals surface area contributed by atoms with Crippen molar-refractivity contribution in [3.8, 4) is 0 Å². The van der Waals surface area contributed by atoms with E-state index in [-0.39, 0.29) is 0 Å². The molecule has 1 aliphatic heterocycles. The highest BCUT2D eigenvalue weighted by molar-refractivity contribution is 4.83. The molecule has 1 aliphatic carbocycles. The van der Waals surface area contributed by atoms with Crippen LogP contribution in [0.15, 0.2) is 0 Å². The Bertz CT molecular complexity index is 251. The first-order valence-corrected chi connectivity index (χ1v) is 8.83. The lowest BCUT2D eigenvalue weighted by Crippen LogP contribution is -2.54. The molecule has 0 amide bonds. The summed E-state index contributed by atoms with van der Waals surface area (Å²) in [6.45, 7) is 10.9. The molecule has 3 nitrogen and oxygen atoms in total. The lowest BCUT2D eigenvalue weighted by atomic mass is 10.00. The molecule has 0 aromatic heterocycles. The topological polar surface area (TPSA) is 18.5 Å². The smallest absolute Gasteiger partial charge is 0.0244 e. The average Bonchev–Trinajstić information content (AvgIpc) is 2.69. The lowest BCUT2D eigenvalue weighted by molar-refractivity contribution is 0.0856. The van der Waals surface area contributed by atoms with E-state index >= 15 is 0 Å². The Balaban J connectivity index is 1.79. The average molecular weight is 281 g/mol.